The van der Waals surface area contributed by atoms with Crippen molar-refractivity contribution in [3.05, 3.63) is 35.9 Å². The van der Waals surface area contributed by atoms with Gasteiger partial charge in [-0.25, -0.2) is 4.98 Å². The summed E-state index contributed by atoms with van der Waals surface area (Å²) < 4.78 is 21.4. The summed E-state index contributed by atoms with van der Waals surface area (Å²) in [5, 5.41) is 1.02. The lowest BCUT2D eigenvalue weighted by Crippen LogP contribution is -2.41. The summed E-state index contributed by atoms with van der Waals surface area (Å²) in [5.74, 6) is 2.92. The van der Waals surface area contributed by atoms with Crippen LogP contribution in [0, 0.1) is 11.8 Å². The number of ether oxygens (including phenoxy) is 3. The number of fused-ring (bicyclic) bond motifs is 4. The molecule has 0 radical (unpaired) electrons. The van der Waals surface area contributed by atoms with E-state index in [0.717, 1.165) is 78.9 Å². The van der Waals surface area contributed by atoms with Gasteiger partial charge in [0.25, 0.3) is 5.91 Å². The number of carbonyl (C=O) groups is 1. The first-order valence-electron chi connectivity index (χ1n) is 14.7. The summed E-state index contributed by atoms with van der Waals surface area (Å²) in [6.07, 6.45) is 4.37. The molecule has 1 unspecified atom stereocenters. The van der Waals surface area contributed by atoms with E-state index < -0.39 is 0 Å². The Balaban J connectivity index is 1.37. The van der Waals surface area contributed by atoms with Crippen LogP contribution in [0.4, 0.5) is 0 Å². The van der Waals surface area contributed by atoms with Crippen molar-refractivity contribution in [2.75, 3.05) is 27.9 Å². The van der Waals surface area contributed by atoms with E-state index in [1.807, 2.05) is 29.2 Å². The largest absolute Gasteiger partial charge is 0.494 e. The molecule has 10 heteroatoms. The van der Waals surface area contributed by atoms with Crippen LogP contribution in [0.1, 0.15) is 43.0 Å². The molecule has 4 heterocycles. The molecular weight excluding hydrogens is 520 g/mol. The molecule has 1 amide bonds. The van der Waals surface area contributed by atoms with E-state index in [0.29, 0.717) is 35.1 Å². The minimum atomic E-state index is 0.00449. The van der Waals surface area contributed by atoms with E-state index in [1.54, 1.807) is 21.3 Å². The molecule has 3 fully saturated rings. The van der Waals surface area contributed by atoms with Crippen LogP contribution in [0.2, 0.25) is 0 Å². The number of hydrogen-bond acceptors (Lipinski definition) is 7. The number of rotatable bonds is 8. The number of nitrogens with zero attached hydrogens (tertiary/aromatic N) is 5. The van der Waals surface area contributed by atoms with Gasteiger partial charge in [-0.05, 0) is 68.7 Å². The third-order valence-electron chi connectivity index (χ3n) is 9.63. The molecule has 10 nitrogen and oxygen atoms in total. The Morgan fingerprint density at radius 3 is 2.54 bits per heavy atom. The zero-order valence-electron chi connectivity index (χ0n) is 24.2. The number of amides is 1. The first-order valence-corrected chi connectivity index (χ1v) is 14.7. The molecule has 41 heavy (non-hydrogen) atoms. The van der Waals surface area contributed by atoms with Crippen molar-refractivity contribution < 1.29 is 19.0 Å². The predicted molar refractivity (Wildman–Crippen MR) is 156 cm³/mol. The first kappa shape index (κ1) is 26.3. The van der Waals surface area contributed by atoms with Gasteiger partial charge < -0.3 is 34.0 Å². The fraction of sp³-hybridized carbons (Fsp3) is 0.516. The van der Waals surface area contributed by atoms with Crippen LogP contribution in [0.3, 0.4) is 0 Å². The SMILES string of the molecule is CCn1c(-c2nc3cc(C(=O)N4C[C@H]5CC[C@@H]4C5N)cc(OC)c3n2C[C@H]2C[C@@H](OC)C2)cc2ccc(OC)nc21. The fourth-order valence-corrected chi connectivity index (χ4v) is 7.33. The minimum absolute atomic E-state index is 0.00449. The lowest BCUT2D eigenvalue weighted by molar-refractivity contribution is -0.00392. The number of aryl methyl sites for hydroxylation is 1. The van der Waals surface area contributed by atoms with Crippen LogP contribution in [-0.2, 0) is 17.8 Å². The van der Waals surface area contributed by atoms with Crippen LogP contribution in [0.15, 0.2) is 30.3 Å². The van der Waals surface area contributed by atoms with Gasteiger partial charge in [0.15, 0.2) is 5.82 Å². The highest BCUT2D eigenvalue weighted by molar-refractivity contribution is 6.00. The maximum atomic E-state index is 13.8. The fourth-order valence-electron chi connectivity index (χ4n) is 7.33. The molecule has 3 aliphatic rings. The molecule has 1 aromatic carbocycles. The summed E-state index contributed by atoms with van der Waals surface area (Å²) in [6, 6.07) is 10.0. The van der Waals surface area contributed by atoms with Crippen molar-refractivity contribution in [3.63, 3.8) is 0 Å². The second-order valence-electron chi connectivity index (χ2n) is 11.8. The number of aromatic nitrogens is 4. The number of pyridine rings is 1. The van der Waals surface area contributed by atoms with Crippen molar-refractivity contribution in [1.29, 1.82) is 0 Å². The van der Waals surface area contributed by atoms with Crippen LogP contribution in [-0.4, -0.2) is 76.0 Å². The molecular formula is C31H38N6O4. The maximum absolute atomic E-state index is 13.8. The number of methoxy groups -OCH3 is 3. The number of likely N-dealkylation sites (tertiary alicyclic amines) is 1. The van der Waals surface area contributed by atoms with Crippen molar-refractivity contribution >= 4 is 28.0 Å². The molecule has 2 N–H and O–H groups in total. The van der Waals surface area contributed by atoms with Crippen LogP contribution in [0.5, 0.6) is 11.6 Å². The molecule has 2 bridgehead atoms. The Labute approximate surface area is 239 Å². The van der Waals surface area contributed by atoms with E-state index in [-0.39, 0.29) is 18.0 Å². The monoisotopic (exact) mass is 558 g/mol. The predicted octanol–water partition coefficient (Wildman–Crippen LogP) is 4.08. The normalized spacial score (nSPS) is 25.3. The molecule has 3 atom stereocenters. The third kappa shape index (κ3) is 4.10. The first-order chi connectivity index (χ1) is 19.9. The topological polar surface area (TPSA) is 110 Å². The molecule has 3 aromatic heterocycles. The van der Waals surface area contributed by atoms with Crippen molar-refractivity contribution in [2.24, 2.45) is 17.6 Å². The van der Waals surface area contributed by atoms with Crippen LogP contribution >= 0.6 is 0 Å². The van der Waals surface area contributed by atoms with Crippen molar-refractivity contribution in [2.45, 2.75) is 63.9 Å². The third-order valence-corrected chi connectivity index (χ3v) is 9.63. The minimum Gasteiger partial charge on any atom is -0.494 e. The molecule has 0 spiro atoms. The summed E-state index contributed by atoms with van der Waals surface area (Å²) >= 11 is 0. The zero-order chi connectivity index (χ0) is 28.4. The van der Waals surface area contributed by atoms with Gasteiger partial charge in [-0.1, -0.05) is 0 Å². The van der Waals surface area contributed by atoms with Gasteiger partial charge >= 0.3 is 0 Å². The zero-order valence-corrected chi connectivity index (χ0v) is 24.2. The second-order valence-corrected chi connectivity index (χ2v) is 11.8. The molecule has 2 saturated carbocycles. The van der Waals surface area contributed by atoms with Gasteiger partial charge in [0.1, 0.15) is 16.9 Å². The van der Waals surface area contributed by atoms with Gasteiger partial charge in [0.2, 0.25) is 5.88 Å². The summed E-state index contributed by atoms with van der Waals surface area (Å²) in [4.78, 5) is 25.7. The van der Waals surface area contributed by atoms with Gasteiger partial charge in [0, 0.05) is 55.8 Å². The average molecular weight is 559 g/mol. The van der Waals surface area contributed by atoms with E-state index in [1.165, 1.54) is 0 Å². The van der Waals surface area contributed by atoms with Gasteiger partial charge in [0.05, 0.1) is 31.5 Å². The van der Waals surface area contributed by atoms with Crippen LogP contribution in [0.25, 0.3) is 33.6 Å². The standard InChI is InChI=1S/C31H38N6O4/c1-5-35-24(13-18-7-9-26(41-4)34-29(18)35)30-33-22-12-20(31(38)36-16-19-6-8-23(36)27(19)32)14-25(40-3)28(22)37(30)15-17-10-21(11-17)39-2/h7,9,12-14,17,19,21,23,27H,5-6,8,10-11,15-16,32H2,1-4H3/t17-,19-,21+,23-,27?/m1/s1. The number of imidazole rings is 1. The highest BCUT2D eigenvalue weighted by Crippen LogP contribution is 2.41. The highest BCUT2D eigenvalue weighted by atomic mass is 16.5. The molecule has 1 aliphatic heterocycles. The van der Waals surface area contributed by atoms with Gasteiger partial charge in [-0.3, -0.25) is 4.79 Å². The van der Waals surface area contributed by atoms with Gasteiger partial charge in [-0.15, -0.1) is 0 Å². The van der Waals surface area contributed by atoms with E-state index >= 15 is 0 Å². The second kappa shape index (κ2) is 10.0. The Hall–Kier alpha value is -3.63. The summed E-state index contributed by atoms with van der Waals surface area (Å²) in [6.45, 7) is 4.33. The molecule has 2 aliphatic carbocycles. The number of nitrogens with two attached hydrogens (primary N) is 1. The number of carbonyl (C=O) groups excluding carboxylic acids is 1. The average Bonchev–Trinajstić information content (AvgIpc) is 3.72. The Bertz CT molecular complexity index is 1640. The van der Waals surface area contributed by atoms with Gasteiger partial charge in [-0.2, -0.15) is 4.98 Å². The summed E-state index contributed by atoms with van der Waals surface area (Å²) in [5.41, 5.74) is 10.5. The molecule has 4 aromatic rings. The molecule has 216 valence electrons. The Morgan fingerprint density at radius 1 is 1.05 bits per heavy atom. The number of benzene rings is 1. The highest BCUT2D eigenvalue weighted by Gasteiger charge is 2.47. The quantitative estimate of drug-likeness (QED) is 0.347. The van der Waals surface area contributed by atoms with E-state index in [4.69, 9.17) is 29.9 Å². The smallest absolute Gasteiger partial charge is 0.254 e. The lowest BCUT2D eigenvalue weighted by Gasteiger charge is -2.34. The Morgan fingerprint density at radius 2 is 1.88 bits per heavy atom. The Kier molecular flexibility index (Phi) is 6.43. The number of hydrogen-bond donors (Lipinski definition) is 1. The van der Waals surface area contributed by atoms with Crippen molar-refractivity contribution in [1.82, 2.24) is 24.0 Å². The summed E-state index contributed by atoms with van der Waals surface area (Å²) in [7, 11) is 5.07. The molecule has 7 rings (SSSR count). The molecule has 1 saturated heterocycles. The van der Waals surface area contributed by atoms with Crippen LogP contribution < -0.4 is 15.2 Å². The number of piperidine rings is 1. The van der Waals surface area contributed by atoms with E-state index in [2.05, 4.69) is 22.1 Å². The maximum Gasteiger partial charge on any atom is 0.254 e. The van der Waals surface area contributed by atoms with Crippen molar-refractivity contribution in [3.8, 4) is 23.1 Å². The lowest BCUT2D eigenvalue weighted by atomic mass is 9.82. The van der Waals surface area contributed by atoms with E-state index in [9.17, 15) is 4.79 Å².